The van der Waals surface area contributed by atoms with Crippen molar-refractivity contribution < 1.29 is 9.59 Å². The van der Waals surface area contributed by atoms with Gasteiger partial charge in [0, 0.05) is 27.5 Å². The summed E-state index contributed by atoms with van der Waals surface area (Å²) >= 11 is 4.83. The topological polar surface area (TPSA) is 49.4 Å². The maximum Gasteiger partial charge on any atom is 0.265 e. The number of anilines is 1. The largest absolute Gasteiger partial charge is 0.326 e. The number of nitrogens with one attached hydrogen (secondary N) is 1. The van der Waals surface area contributed by atoms with Gasteiger partial charge in [0.05, 0.1) is 10.9 Å². The van der Waals surface area contributed by atoms with Gasteiger partial charge < -0.3 is 10.2 Å². The first kappa shape index (κ1) is 19.2. The van der Waals surface area contributed by atoms with Crippen molar-refractivity contribution in [2.75, 3.05) is 11.9 Å². The van der Waals surface area contributed by atoms with Gasteiger partial charge in [0.15, 0.2) is 0 Å². The van der Waals surface area contributed by atoms with Gasteiger partial charge in [-0.3, -0.25) is 9.59 Å². The van der Waals surface area contributed by atoms with E-state index >= 15 is 0 Å². The quantitative estimate of drug-likeness (QED) is 0.420. The third-order valence-electron chi connectivity index (χ3n) is 5.15. The van der Waals surface area contributed by atoms with Gasteiger partial charge in [0.1, 0.15) is 0 Å². The van der Waals surface area contributed by atoms with Gasteiger partial charge in [-0.15, -0.1) is 34.0 Å². The Labute approximate surface area is 186 Å². The van der Waals surface area contributed by atoms with Crippen molar-refractivity contribution in [3.63, 3.8) is 0 Å². The maximum atomic E-state index is 13.5. The Hall–Kier alpha value is -2.74. The molecule has 0 bridgehead atoms. The summed E-state index contributed by atoms with van der Waals surface area (Å²) in [5, 5.41) is 8.93. The van der Waals surface area contributed by atoms with Crippen molar-refractivity contribution >= 4 is 51.5 Å². The van der Waals surface area contributed by atoms with Gasteiger partial charge in [-0.1, -0.05) is 18.2 Å². The smallest absolute Gasteiger partial charge is 0.265 e. The molecule has 1 unspecified atom stereocenters. The SMILES string of the molecule is O=C(Nc1cccc(C(=O)N2CCc3sccc3C2c2cccs2)c1)c1cccs1. The molecule has 0 fully saturated rings. The zero-order valence-corrected chi connectivity index (χ0v) is 18.4. The highest BCUT2D eigenvalue weighted by Gasteiger charge is 2.33. The lowest BCUT2D eigenvalue weighted by atomic mass is 9.97. The van der Waals surface area contributed by atoms with E-state index < -0.39 is 0 Å². The molecule has 5 rings (SSSR count). The second-order valence-corrected chi connectivity index (χ2v) is 9.91. The normalized spacial score (nSPS) is 15.6. The molecule has 0 spiro atoms. The maximum absolute atomic E-state index is 13.5. The van der Waals surface area contributed by atoms with Gasteiger partial charge in [0.25, 0.3) is 11.8 Å². The Morgan fingerprint density at radius 3 is 2.60 bits per heavy atom. The molecule has 2 amide bonds. The van der Waals surface area contributed by atoms with Crippen LogP contribution in [0.2, 0.25) is 0 Å². The molecule has 30 heavy (non-hydrogen) atoms. The lowest BCUT2D eigenvalue weighted by Gasteiger charge is -2.35. The lowest BCUT2D eigenvalue weighted by Crippen LogP contribution is -2.39. The highest BCUT2D eigenvalue weighted by Crippen LogP contribution is 2.40. The Bertz CT molecular complexity index is 1180. The molecule has 3 aromatic heterocycles. The Kier molecular flexibility index (Phi) is 5.25. The van der Waals surface area contributed by atoms with Crippen LogP contribution in [0.5, 0.6) is 0 Å². The van der Waals surface area contributed by atoms with E-state index in [-0.39, 0.29) is 17.9 Å². The first-order valence-corrected chi connectivity index (χ1v) is 12.2. The highest BCUT2D eigenvalue weighted by molar-refractivity contribution is 7.12. The van der Waals surface area contributed by atoms with Crippen LogP contribution in [0.4, 0.5) is 5.69 Å². The van der Waals surface area contributed by atoms with Crippen LogP contribution in [0.3, 0.4) is 0 Å². The Morgan fingerprint density at radius 1 is 0.933 bits per heavy atom. The summed E-state index contributed by atoms with van der Waals surface area (Å²) in [6.45, 7) is 0.681. The van der Waals surface area contributed by atoms with Crippen molar-refractivity contribution in [3.05, 3.63) is 96.5 Å². The minimum atomic E-state index is -0.160. The summed E-state index contributed by atoms with van der Waals surface area (Å²) in [5.74, 6) is -0.176. The molecule has 4 nitrogen and oxygen atoms in total. The van der Waals surface area contributed by atoms with Gasteiger partial charge >= 0.3 is 0 Å². The third-order valence-corrected chi connectivity index (χ3v) is 7.94. The van der Waals surface area contributed by atoms with Crippen LogP contribution < -0.4 is 5.32 Å². The molecule has 1 aliphatic rings. The van der Waals surface area contributed by atoms with Crippen LogP contribution in [0, 0.1) is 0 Å². The molecule has 0 saturated heterocycles. The number of fused-ring (bicyclic) bond motifs is 1. The molecule has 4 aromatic rings. The number of nitrogens with zero attached hydrogens (tertiary/aromatic N) is 1. The fourth-order valence-corrected chi connectivity index (χ4v) is 6.16. The first-order chi connectivity index (χ1) is 14.7. The molecule has 1 aromatic carbocycles. The van der Waals surface area contributed by atoms with E-state index in [1.165, 1.54) is 26.7 Å². The fourth-order valence-electron chi connectivity index (χ4n) is 3.79. The second kappa shape index (κ2) is 8.18. The number of thiophene rings is 3. The minimum absolute atomic E-state index is 0.0162. The van der Waals surface area contributed by atoms with E-state index in [1.807, 2.05) is 40.6 Å². The van der Waals surface area contributed by atoms with Gasteiger partial charge in [-0.25, -0.2) is 0 Å². The molecule has 0 aliphatic carbocycles. The third kappa shape index (κ3) is 3.60. The van der Waals surface area contributed by atoms with Crippen LogP contribution in [-0.4, -0.2) is 23.3 Å². The van der Waals surface area contributed by atoms with Crippen LogP contribution in [-0.2, 0) is 6.42 Å². The number of carbonyl (C=O) groups is 2. The number of hydrogen-bond donors (Lipinski definition) is 1. The van der Waals surface area contributed by atoms with Gasteiger partial charge in [0.2, 0.25) is 0 Å². The zero-order valence-electron chi connectivity index (χ0n) is 15.9. The summed E-state index contributed by atoms with van der Waals surface area (Å²) in [7, 11) is 0. The van der Waals surface area contributed by atoms with E-state index in [1.54, 1.807) is 34.8 Å². The molecule has 1 N–H and O–H groups in total. The summed E-state index contributed by atoms with van der Waals surface area (Å²) in [5.41, 5.74) is 2.43. The number of hydrogen-bond acceptors (Lipinski definition) is 5. The molecule has 0 saturated carbocycles. The molecule has 4 heterocycles. The number of benzene rings is 1. The van der Waals surface area contributed by atoms with Crippen molar-refractivity contribution in [3.8, 4) is 0 Å². The lowest BCUT2D eigenvalue weighted by molar-refractivity contribution is 0.0698. The van der Waals surface area contributed by atoms with Crippen molar-refractivity contribution in [2.45, 2.75) is 12.5 Å². The first-order valence-electron chi connectivity index (χ1n) is 9.56. The average molecular weight is 451 g/mol. The molecule has 1 aliphatic heterocycles. The number of rotatable bonds is 4. The van der Waals surface area contributed by atoms with E-state index in [2.05, 4.69) is 28.2 Å². The molecule has 7 heteroatoms. The predicted molar refractivity (Wildman–Crippen MR) is 124 cm³/mol. The average Bonchev–Trinajstić information content (AvgIpc) is 3.55. The van der Waals surface area contributed by atoms with E-state index in [9.17, 15) is 9.59 Å². The zero-order chi connectivity index (χ0) is 20.5. The molecular formula is C23H18N2O2S3. The highest BCUT2D eigenvalue weighted by atomic mass is 32.1. The van der Waals surface area contributed by atoms with Crippen LogP contribution in [0.15, 0.2) is 70.7 Å². The fraction of sp³-hybridized carbons (Fsp3) is 0.130. The van der Waals surface area contributed by atoms with Crippen LogP contribution in [0.25, 0.3) is 0 Å². The van der Waals surface area contributed by atoms with Crippen molar-refractivity contribution in [2.24, 2.45) is 0 Å². The molecule has 0 radical (unpaired) electrons. The molecule has 150 valence electrons. The number of amides is 2. The summed E-state index contributed by atoms with van der Waals surface area (Å²) < 4.78 is 0. The Morgan fingerprint density at radius 2 is 1.80 bits per heavy atom. The summed E-state index contributed by atoms with van der Waals surface area (Å²) in [6, 6.07) is 17.1. The predicted octanol–water partition coefficient (Wildman–Crippen LogP) is 5.91. The minimum Gasteiger partial charge on any atom is -0.326 e. The molecular weight excluding hydrogens is 432 g/mol. The number of carbonyl (C=O) groups excluding carboxylic acids is 2. The van der Waals surface area contributed by atoms with Gasteiger partial charge in [-0.2, -0.15) is 0 Å². The van der Waals surface area contributed by atoms with Gasteiger partial charge in [-0.05, 0) is 64.5 Å². The second-order valence-electron chi connectivity index (χ2n) is 6.98. The van der Waals surface area contributed by atoms with E-state index in [0.29, 0.717) is 22.7 Å². The monoisotopic (exact) mass is 450 g/mol. The summed E-state index contributed by atoms with van der Waals surface area (Å²) in [4.78, 5) is 31.0. The van der Waals surface area contributed by atoms with Crippen LogP contribution in [0.1, 0.15) is 41.4 Å². The van der Waals surface area contributed by atoms with Crippen molar-refractivity contribution in [1.82, 2.24) is 4.90 Å². The van der Waals surface area contributed by atoms with E-state index in [0.717, 1.165) is 6.42 Å². The standard InChI is InChI=1S/C23H18N2O2S3/c26-22(20-7-3-12-29-20)24-16-5-1-4-15(14-16)23(27)25-10-8-18-17(9-13-30-18)21(25)19-6-2-11-28-19/h1-7,9,11-14,21H,8,10H2,(H,24,26). The van der Waals surface area contributed by atoms with Crippen LogP contribution >= 0.6 is 34.0 Å². The van der Waals surface area contributed by atoms with Crippen molar-refractivity contribution in [1.29, 1.82) is 0 Å². The Balaban J connectivity index is 1.43. The summed E-state index contributed by atoms with van der Waals surface area (Å²) in [6.07, 6.45) is 0.870. The molecule has 1 atom stereocenters. The van der Waals surface area contributed by atoms with E-state index in [4.69, 9.17) is 0 Å².